The van der Waals surface area contributed by atoms with Crippen LogP contribution >= 0.6 is 11.3 Å². The molecule has 1 unspecified atom stereocenters. The van der Waals surface area contributed by atoms with Gasteiger partial charge in [-0.05, 0) is 54.3 Å². The largest absolute Gasteiger partial charge is 0.507 e. The zero-order valence-electron chi connectivity index (χ0n) is 16.9. The first-order valence-corrected chi connectivity index (χ1v) is 10.3. The van der Waals surface area contributed by atoms with Crippen LogP contribution in [0.4, 0.5) is 18.9 Å². The van der Waals surface area contributed by atoms with E-state index < -0.39 is 40.9 Å². The fourth-order valence-corrected chi connectivity index (χ4v) is 4.68. The minimum atomic E-state index is -1.20. The number of Topliss-reactive ketones (excluding diaryl/α,β-unsaturated/α-hetero) is 1. The predicted octanol–water partition coefficient (Wildman–Crippen LogP) is 5.11. The van der Waals surface area contributed by atoms with Crippen molar-refractivity contribution in [1.82, 2.24) is 0 Å². The van der Waals surface area contributed by atoms with Gasteiger partial charge in [0.05, 0.1) is 18.2 Å². The van der Waals surface area contributed by atoms with E-state index in [0.717, 1.165) is 29.2 Å². The quantitative estimate of drug-likeness (QED) is 0.335. The van der Waals surface area contributed by atoms with Crippen LogP contribution < -0.4 is 9.64 Å². The number of aliphatic hydroxyl groups is 1. The molecule has 0 saturated carbocycles. The normalized spacial score (nSPS) is 17.8. The molecule has 164 valence electrons. The lowest BCUT2D eigenvalue weighted by Crippen LogP contribution is -2.29. The minimum Gasteiger partial charge on any atom is -0.507 e. The number of rotatable bonds is 4. The number of ketones is 1. The van der Waals surface area contributed by atoms with Crippen molar-refractivity contribution in [3.8, 4) is 5.75 Å². The van der Waals surface area contributed by atoms with E-state index >= 15 is 0 Å². The topological polar surface area (TPSA) is 66.8 Å². The molecule has 1 fully saturated rings. The molecule has 3 aromatic rings. The number of nitrogens with zero attached hydrogens (tertiary/aromatic N) is 1. The van der Waals surface area contributed by atoms with Crippen molar-refractivity contribution in [3.63, 3.8) is 0 Å². The smallest absolute Gasteiger partial charge is 0.300 e. The van der Waals surface area contributed by atoms with Crippen molar-refractivity contribution in [2.45, 2.75) is 13.0 Å². The fraction of sp³-hybridized carbons (Fsp3) is 0.130. The second-order valence-corrected chi connectivity index (χ2v) is 8.03. The second kappa shape index (κ2) is 8.16. The number of methoxy groups -OCH3 is 1. The van der Waals surface area contributed by atoms with E-state index in [-0.39, 0.29) is 22.6 Å². The number of benzene rings is 2. The summed E-state index contributed by atoms with van der Waals surface area (Å²) >= 11 is 1.22. The van der Waals surface area contributed by atoms with E-state index in [0.29, 0.717) is 10.4 Å². The van der Waals surface area contributed by atoms with Gasteiger partial charge in [-0.15, -0.1) is 11.3 Å². The molecule has 5 nitrogen and oxygen atoms in total. The summed E-state index contributed by atoms with van der Waals surface area (Å²) in [4.78, 5) is 27.6. The predicted molar refractivity (Wildman–Crippen MR) is 113 cm³/mol. The molecule has 2 heterocycles. The number of aryl methyl sites for hydroxylation is 1. The molecule has 4 rings (SSSR count). The Morgan fingerprint density at radius 1 is 1.06 bits per heavy atom. The molecule has 1 saturated heterocycles. The number of hydrogen-bond donors (Lipinski definition) is 1. The van der Waals surface area contributed by atoms with Crippen LogP contribution in [0.2, 0.25) is 0 Å². The molecule has 1 atom stereocenters. The molecule has 32 heavy (non-hydrogen) atoms. The SMILES string of the molecule is COc1ccc(F)cc1/C(O)=C1/C(=O)C(=O)N(c2ccc(F)c(F)c2)C1c1sccc1C. The third-order valence-corrected chi connectivity index (χ3v) is 6.26. The van der Waals surface area contributed by atoms with Gasteiger partial charge < -0.3 is 9.84 Å². The number of halogens is 3. The standard InChI is InChI=1S/C23H16F3NO4S/c1-11-7-8-32-22(11)19-18(20(28)14-9-12(24)3-6-17(14)31-2)21(29)23(30)27(19)13-4-5-15(25)16(26)10-13/h3-10,19,28H,1-2H3/b20-18-. The van der Waals surface area contributed by atoms with Crippen molar-refractivity contribution >= 4 is 34.5 Å². The van der Waals surface area contributed by atoms with Gasteiger partial charge >= 0.3 is 0 Å². The van der Waals surface area contributed by atoms with Crippen molar-refractivity contribution in [2.24, 2.45) is 0 Å². The highest BCUT2D eigenvalue weighted by molar-refractivity contribution is 7.10. The summed E-state index contributed by atoms with van der Waals surface area (Å²) in [6.07, 6.45) is 0. The van der Waals surface area contributed by atoms with Crippen LogP contribution in [0.15, 0.2) is 53.4 Å². The zero-order chi connectivity index (χ0) is 23.2. The summed E-state index contributed by atoms with van der Waals surface area (Å²) in [6, 6.07) is 6.83. The Morgan fingerprint density at radius 3 is 2.44 bits per heavy atom. The lowest BCUT2D eigenvalue weighted by Gasteiger charge is -2.25. The Balaban J connectivity index is 2.00. The molecular weight excluding hydrogens is 443 g/mol. The summed E-state index contributed by atoms with van der Waals surface area (Å²) in [5, 5.41) is 12.8. The van der Waals surface area contributed by atoms with Crippen LogP contribution in [-0.4, -0.2) is 23.9 Å². The number of anilines is 1. The third kappa shape index (κ3) is 3.44. The Labute approximate surface area is 185 Å². The van der Waals surface area contributed by atoms with E-state index in [1.807, 2.05) is 0 Å². The molecule has 1 aliphatic heterocycles. The second-order valence-electron chi connectivity index (χ2n) is 7.08. The maximum absolute atomic E-state index is 14.0. The van der Waals surface area contributed by atoms with Crippen LogP contribution in [0.25, 0.3) is 5.76 Å². The first kappa shape index (κ1) is 21.6. The van der Waals surface area contributed by atoms with Crippen LogP contribution in [0.3, 0.4) is 0 Å². The van der Waals surface area contributed by atoms with E-state index in [1.165, 1.54) is 30.6 Å². The number of carbonyl (C=O) groups excluding carboxylic acids is 2. The number of carbonyl (C=O) groups is 2. The Hall–Kier alpha value is -3.59. The van der Waals surface area contributed by atoms with Gasteiger partial charge in [-0.1, -0.05) is 0 Å². The molecular formula is C23H16F3NO4S. The molecule has 0 aliphatic carbocycles. The minimum absolute atomic E-state index is 0.0611. The summed E-state index contributed by atoms with van der Waals surface area (Å²) in [5.74, 6) is -5.63. The Morgan fingerprint density at radius 2 is 1.81 bits per heavy atom. The van der Waals surface area contributed by atoms with Crippen molar-refractivity contribution < 1.29 is 32.6 Å². The highest BCUT2D eigenvalue weighted by Gasteiger charge is 2.48. The molecule has 1 aliphatic rings. The zero-order valence-corrected chi connectivity index (χ0v) is 17.7. The average molecular weight is 459 g/mol. The summed E-state index contributed by atoms with van der Waals surface area (Å²) in [6.45, 7) is 1.75. The molecule has 1 aromatic heterocycles. The van der Waals surface area contributed by atoms with Gasteiger partial charge in [-0.2, -0.15) is 0 Å². The van der Waals surface area contributed by atoms with E-state index in [4.69, 9.17) is 4.74 Å². The van der Waals surface area contributed by atoms with Gasteiger partial charge in [0, 0.05) is 16.6 Å². The maximum Gasteiger partial charge on any atom is 0.300 e. The lowest BCUT2D eigenvalue weighted by atomic mass is 9.97. The van der Waals surface area contributed by atoms with Crippen LogP contribution in [-0.2, 0) is 9.59 Å². The van der Waals surface area contributed by atoms with Gasteiger partial charge in [0.15, 0.2) is 11.6 Å². The number of thiophene rings is 1. The molecule has 1 N–H and O–H groups in total. The molecule has 9 heteroatoms. The van der Waals surface area contributed by atoms with E-state index in [2.05, 4.69) is 0 Å². The third-order valence-electron chi connectivity index (χ3n) is 5.19. The summed E-state index contributed by atoms with van der Waals surface area (Å²) < 4.78 is 46.6. The van der Waals surface area contributed by atoms with Gasteiger partial charge in [0.25, 0.3) is 11.7 Å². The lowest BCUT2D eigenvalue weighted by molar-refractivity contribution is -0.132. The fourth-order valence-electron chi connectivity index (χ4n) is 3.66. The van der Waals surface area contributed by atoms with Gasteiger partial charge in [-0.3, -0.25) is 14.5 Å². The number of ether oxygens (including phenoxy) is 1. The molecule has 0 radical (unpaired) electrons. The van der Waals surface area contributed by atoms with E-state index in [9.17, 15) is 27.9 Å². The van der Waals surface area contributed by atoms with Crippen LogP contribution in [0.1, 0.15) is 22.0 Å². The number of hydrogen-bond acceptors (Lipinski definition) is 5. The molecule has 2 aromatic carbocycles. The number of aliphatic hydroxyl groups excluding tert-OH is 1. The average Bonchev–Trinajstić information content (AvgIpc) is 3.30. The Kier molecular flexibility index (Phi) is 5.52. The summed E-state index contributed by atoms with van der Waals surface area (Å²) in [5.41, 5.74) is 0.227. The highest BCUT2D eigenvalue weighted by atomic mass is 32.1. The highest BCUT2D eigenvalue weighted by Crippen LogP contribution is 2.45. The van der Waals surface area contributed by atoms with Gasteiger partial charge in [0.1, 0.15) is 23.4 Å². The maximum atomic E-state index is 14.0. The monoisotopic (exact) mass is 459 g/mol. The molecule has 1 amide bonds. The van der Waals surface area contributed by atoms with Crippen LogP contribution in [0.5, 0.6) is 5.75 Å². The first-order chi connectivity index (χ1) is 15.2. The van der Waals surface area contributed by atoms with Gasteiger partial charge in [-0.25, -0.2) is 13.2 Å². The molecule has 0 spiro atoms. The molecule has 0 bridgehead atoms. The van der Waals surface area contributed by atoms with Crippen molar-refractivity contribution in [2.75, 3.05) is 12.0 Å². The van der Waals surface area contributed by atoms with Gasteiger partial charge in [0.2, 0.25) is 0 Å². The Bertz CT molecular complexity index is 1280. The van der Waals surface area contributed by atoms with Crippen molar-refractivity contribution in [1.29, 1.82) is 0 Å². The van der Waals surface area contributed by atoms with E-state index in [1.54, 1.807) is 18.4 Å². The summed E-state index contributed by atoms with van der Waals surface area (Å²) in [7, 11) is 1.31. The van der Waals surface area contributed by atoms with Crippen molar-refractivity contribution in [3.05, 3.63) is 86.9 Å². The number of amides is 1. The van der Waals surface area contributed by atoms with Crippen LogP contribution in [0, 0.1) is 24.4 Å². The first-order valence-electron chi connectivity index (χ1n) is 9.38.